The molecule has 0 bridgehead atoms. The van der Waals surface area contributed by atoms with Crippen molar-refractivity contribution in [1.82, 2.24) is 0 Å². The number of rotatable bonds is 2. The maximum absolute atomic E-state index is 7.27. The molecule has 0 aliphatic rings. The molecule has 2 heteroatoms. The van der Waals surface area contributed by atoms with Crippen LogP contribution in [0.25, 0.3) is 11.1 Å². The quantitative estimate of drug-likeness (QED) is 0.561. The Morgan fingerprint density at radius 3 is 2.33 bits per heavy atom. The zero-order chi connectivity index (χ0) is 10.7. The highest BCUT2D eigenvalue weighted by Gasteiger charge is 1.98. The van der Waals surface area contributed by atoms with Gasteiger partial charge in [-0.15, -0.1) is 0 Å². The van der Waals surface area contributed by atoms with Crippen LogP contribution in [-0.4, -0.2) is 5.84 Å². The Balaban J connectivity index is 2.36. The lowest BCUT2D eigenvalue weighted by Crippen LogP contribution is -2.10. The first-order chi connectivity index (χ1) is 7.27. The summed E-state index contributed by atoms with van der Waals surface area (Å²) in [6.07, 6.45) is 0. The third kappa shape index (κ3) is 2.05. The normalized spacial score (nSPS) is 9.87. The summed E-state index contributed by atoms with van der Waals surface area (Å²) in [4.78, 5) is 0. The maximum atomic E-state index is 7.27. The second-order valence-electron chi connectivity index (χ2n) is 3.27. The molecular weight excluding hydrogens is 184 g/mol. The predicted molar refractivity (Wildman–Crippen MR) is 61.7 cm³/mol. The topological polar surface area (TPSA) is 49.9 Å². The van der Waals surface area contributed by atoms with Gasteiger partial charge in [0.05, 0.1) is 0 Å². The summed E-state index contributed by atoms with van der Waals surface area (Å²) >= 11 is 0. The van der Waals surface area contributed by atoms with Crippen LogP contribution in [0.5, 0.6) is 0 Å². The largest absolute Gasteiger partial charge is 0.384 e. The predicted octanol–water partition coefficient (Wildman–Crippen LogP) is 2.44. The van der Waals surface area contributed by atoms with E-state index in [9.17, 15) is 0 Å². The van der Waals surface area contributed by atoms with Gasteiger partial charge >= 0.3 is 0 Å². The minimum atomic E-state index is 0.0749. The van der Waals surface area contributed by atoms with Gasteiger partial charge in [-0.2, -0.15) is 0 Å². The summed E-state index contributed by atoms with van der Waals surface area (Å²) in [5.41, 5.74) is 8.20. The van der Waals surface area contributed by atoms with Crippen molar-refractivity contribution in [2.24, 2.45) is 5.73 Å². The molecule has 0 spiro atoms. The van der Waals surface area contributed by atoms with Crippen LogP contribution in [0, 0.1) is 11.5 Å². The van der Waals surface area contributed by atoms with Gasteiger partial charge in [-0.25, -0.2) is 0 Å². The Morgan fingerprint density at radius 2 is 1.80 bits per heavy atom. The van der Waals surface area contributed by atoms with E-state index in [1.807, 2.05) is 42.5 Å². The van der Waals surface area contributed by atoms with Crippen molar-refractivity contribution < 1.29 is 0 Å². The van der Waals surface area contributed by atoms with Crippen LogP contribution in [0.3, 0.4) is 0 Å². The van der Waals surface area contributed by atoms with Gasteiger partial charge in [0.25, 0.3) is 0 Å². The first-order valence-corrected chi connectivity index (χ1v) is 4.69. The van der Waals surface area contributed by atoms with E-state index in [1.165, 1.54) is 0 Å². The van der Waals surface area contributed by atoms with Crippen molar-refractivity contribution in [3.05, 3.63) is 60.2 Å². The number of nitrogens with two attached hydrogens (primary N) is 1. The molecule has 0 amide bonds. The van der Waals surface area contributed by atoms with E-state index in [4.69, 9.17) is 11.1 Å². The van der Waals surface area contributed by atoms with Crippen molar-refractivity contribution in [1.29, 1.82) is 5.41 Å². The molecule has 0 aliphatic heterocycles. The molecule has 1 radical (unpaired) electrons. The number of nitrogens with one attached hydrogen (secondary N) is 1. The average molecular weight is 195 g/mol. The Hall–Kier alpha value is -2.09. The number of hydrogen-bond acceptors (Lipinski definition) is 1. The van der Waals surface area contributed by atoms with Gasteiger partial charge in [0.2, 0.25) is 0 Å². The van der Waals surface area contributed by atoms with Crippen molar-refractivity contribution in [2.75, 3.05) is 0 Å². The summed E-state index contributed by atoms with van der Waals surface area (Å²) < 4.78 is 0. The number of amidine groups is 1. The highest BCUT2D eigenvalue weighted by molar-refractivity contribution is 5.95. The van der Waals surface area contributed by atoms with Gasteiger partial charge in [0, 0.05) is 5.56 Å². The molecule has 0 heterocycles. The van der Waals surface area contributed by atoms with Crippen LogP contribution in [0.2, 0.25) is 0 Å². The lowest BCUT2D eigenvalue weighted by Gasteiger charge is -2.02. The minimum absolute atomic E-state index is 0.0749. The van der Waals surface area contributed by atoms with Crippen LogP contribution < -0.4 is 5.73 Å². The summed E-state index contributed by atoms with van der Waals surface area (Å²) in [5.74, 6) is 0.0749. The van der Waals surface area contributed by atoms with Crippen LogP contribution in [0.1, 0.15) is 5.56 Å². The van der Waals surface area contributed by atoms with Gasteiger partial charge in [-0.1, -0.05) is 42.5 Å². The second kappa shape index (κ2) is 3.96. The van der Waals surface area contributed by atoms with E-state index in [-0.39, 0.29) is 5.84 Å². The lowest BCUT2D eigenvalue weighted by atomic mass is 10.0. The van der Waals surface area contributed by atoms with Gasteiger partial charge in [0.15, 0.2) is 0 Å². The standard InChI is InChI=1S/C13H11N2/c14-13(15)12-8-6-11(7-9-12)10-4-2-1-3-5-10/h1-6,8-9H,(H3,14,15). The third-order valence-electron chi connectivity index (χ3n) is 2.21. The second-order valence-corrected chi connectivity index (χ2v) is 3.27. The molecule has 2 aromatic carbocycles. The maximum Gasteiger partial charge on any atom is 0.122 e. The molecular formula is C13H11N2. The zero-order valence-corrected chi connectivity index (χ0v) is 8.20. The molecule has 0 aliphatic carbocycles. The summed E-state index contributed by atoms with van der Waals surface area (Å²) in [5, 5.41) is 7.27. The molecule has 2 aromatic rings. The highest BCUT2D eigenvalue weighted by atomic mass is 14.7. The molecule has 0 fully saturated rings. The van der Waals surface area contributed by atoms with Crippen molar-refractivity contribution >= 4 is 5.84 Å². The van der Waals surface area contributed by atoms with Gasteiger partial charge < -0.3 is 5.73 Å². The fourth-order valence-corrected chi connectivity index (χ4v) is 1.39. The first-order valence-electron chi connectivity index (χ1n) is 4.69. The fourth-order valence-electron chi connectivity index (χ4n) is 1.39. The number of nitrogen functional groups attached to an aromatic ring is 1. The van der Waals surface area contributed by atoms with E-state index in [0.29, 0.717) is 5.56 Å². The molecule has 73 valence electrons. The number of benzene rings is 2. The molecule has 2 rings (SSSR count). The Morgan fingerprint density at radius 1 is 1.07 bits per heavy atom. The molecule has 2 nitrogen and oxygen atoms in total. The van der Waals surface area contributed by atoms with E-state index in [0.717, 1.165) is 11.1 Å². The van der Waals surface area contributed by atoms with Crippen molar-refractivity contribution in [2.45, 2.75) is 0 Å². The van der Waals surface area contributed by atoms with Crippen LogP contribution in [0.15, 0.2) is 48.5 Å². The van der Waals surface area contributed by atoms with Crippen LogP contribution in [0.4, 0.5) is 0 Å². The Labute approximate surface area is 88.9 Å². The van der Waals surface area contributed by atoms with Crippen LogP contribution in [-0.2, 0) is 0 Å². The first kappa shape index (κ1) is 9.46. The molecule has 15 heavy (non-hydrogen) atoms. The third-order valence-corrected chi connectivity index (χ3v) is 2.21. The van der Waals surface area contributed by atoms with E-state index >= 15 is 0 Å². The SMILES string of the molecule is N=C(N)c1c[c]c(-c2ccccc2)cc1. The molecule has 0 aromatic heterocycles. The van der Waals surface area contributed by atoms with Crippen molar-refractivity contribution in [3.8, 4) is 11.1 Å². The summed E-state index contributed by atoms with van der Waals surface area (Å²) in [6.45, 7) is 0. The van der Waals surface area contributed by atoms with Gasteiger partial charge in [-0.3, -0.25) is 5.41 Å². The Bertz CT molecular complexity index is 458. The Kier molecular flexibility index (Phi) is 2.50. The van der Waals surface area contributed by atoms with E-state index in [1.54, 1.807) is 6.07 Å². The van der Waals surface area contributed by atoms with Gasteiger partial charge in [0.1, 0.15) is 5.84 Å². The highest BCUT2D eigenvalue weighted by Crippen LogP contribution is 2.18. The molecule has 3 N–H and O–H groups in total. The number of hydrogen-bond donors (Lipinski definition) is 2. The zero-order valence-electron chi connectivity index (χ0n) is 8.20. The lowest BCUT2D eigenvalue weighted by molar-refractivity contribution is 1.42. The van der Waals surface area contributed by atoms with Crippen LogP contribution >= 0.6 is 0 Å². The fraction of sp³-hybridized carbons (Fsp3) is 0. The summed E-state index contributed by atoms with van der Waals surface area (Å²) in [7, 11) is 0. The molecule has 0 unspecified atom stereocenters. The summed E-state index contributed by atoms with van der Waals surface area (Å²) in [6, 6.07) is 18.6. The minimum Gasteiger partial charge on any atom is -0.384 e. The monoisotopic (exact) mass is 195 g/mol. The van der Waals surface area contributed by atoms with Crippen molar-refractivity contribution in [3.63, 3.8) is 0 Å². The molecule has 0 saturated heterocycles. The average Bonchev–Trinajstić information content (AvgIpc) is 2.30. The molecule has 0 atom stereocenters. The molecule has 0 saturated carbocycles. The van der Waals surface area contributed by atoms with Gasteiger partial charge in [-0.05, 0) is 23.3 Å². The smallest absolute Gasteiger partial charge is 0.122 e. The van der Waals surface area contributed by atoms with E-state index < -0.39 is 0 Å². The van der Waals surface area contributed by atoms with E-state index in [2.05, 4.69) is 6.07 Å².